The first-order valence-corrected chi connectivity index (χ1v) is 8.47. The number of hydrogen-bond donors (Lipinski definition) is 2. The average molecular weight is 323 g/mol. The van der Waals surface area contributed by atoms with Crippen LogP contribution in [-0.2, 0) is 0 Å². The number of benzene rings is 1. The first kappa shape index (κ1) is 16.3. The normalized spacial score (nSPS) is 16.5. The van der Waals surface area contributed by atoms with Gasteiger partial charge in [-0.2, -0.15) is 5.26 Å². The SMILES string of the molecule is CC(Nc1c(C#N)cccc1Nc1cc(=O)c1=O)C1CCCCC1. The number of nitrogens with zero attached hydrogens (tertiary/aromatic N) is 1. The van der Waals surface area contributed by atoms with E-state index in [1.165, 1.54) is 38.2 Å². The zero-order chi connectivity index (χ0) is 17.1. The van der Waals surface area contributed by atoms with Crippen LogP contribution in [0.25, 0.3) is 0 Å². The van der Waals surface area contributed by atoms with E-state index in [0.29, 0.717) is 22.9 Å². The molecule has 1 atom stereocenters. The van der Waals surface area contributed by atoms with E-state index < -0.39 is 10.9 Å². The second-order valence-corrected chi connectivity index (χ2v) is 6.55. The van der Waals surface area contributed by atoms with Gasteiger partial charge in [0.1, 0.15) is 6.07 Å². The van der Waals surface area contributed by atoms with E-state index in [1.54, 1.807) is 12.1 Å². The van der Waals surface area contributed by atoms with Crippen LogP contribution in [0.5, 0.6) is 0 Å². The lowest BCUT2D eigenvalue weighted by Crippen LogP contribution is -2.32. The van der Waals surface area contributed by atoms with Crippen LogP contribution in [0.4, 0.5) is 17.1 Å². The van der Waals surface area contributed by atoms with E-state index in [0.717, 1.165) is 0 Å². The summed E-state index contributed by atoms with van der Waals surface area (Å²) in [7, 11) is 0. The maximum Gasteiger partial charge on any atom is 0.249 e. The van der Waals surface area contributed by atoms with E-state index in [1.807, 2.05) is 6.07 Å². The number of hydrogen-bond acceptors (Lipinski definition) is 5. The van der Waals surface area contributed by atoms with E-state index in [2.05, 4.69) is 23.6 Å². The molecule has 1 saturated carbocycles. The number of para-hydroxylation sites is 1. The minimum absolute atomic E-state index is 0.244. The Balaban J connectivity index is 1.85. The summed E-state index contributed by atoms with van der Waals surface area (Å²) in [5, 5.41) is 15.9. The molecule has 0 saturated heterocycles. The molecular formula is C19H21N3O2. The molecule has 1 fully saturated rings. The Morgan fingerprint density at radius 3 is 2.54 bits per heavy atom. The Morgan fingerprint density at radius 2 is 1.92 bits per heavy atom. The molecule has 0 spiro atoms. The molecule has 2 aromatic carbocycles. The zero-order valence-corrected chi connectivity index (χ0v) is 13.8. The molecule has 2 N–H and O–H groups in total. The van der Waals surface area contributed by atoms with Crippen molar-refractivity contribution in [2.45, 2.75) is 45.1 Å². The second kappa shape index (κ2) is 6.88. The topological polar surface area (TPSA) is 82.0 Å². The van der Waals surface area contributed by atoms with Gasteiger partial charge in [0.05, 0.1) is 22.6 Å². The molecule has 3 rings (SSSR count). The summed E-state index contributed by atoms with van der Waals surface area (Å²) in [6.45, 7) is 2.14. The molecule has 0 heterocycles. The molecule has 124 valence electrons. The average Bonchev–Trinajstić information content (AvgIpc) is 2.63. The van der Waals surface area contributed by atoms with Gasteiger partial charge in [-0.05, 0) is 37.8 Å². The third-order valence-corrected chi connectivity index (χ3v) is 4.93. The lowest BCUT2D eigenvalue weighted by atomic mass is 9.84. The summed E-state index contributed by atoms with van der Waals surface area (Å²) in [5.74, 6) is 0.587. The van der Waals surface area contributed by atoms with Crippen molar-refractivity contribution < 1.29 is 0 Å². The number of nitriles is 1. The first-order valence-electron chi connectivity index (χ1n) is 8.47. The molecule has 0 aromatic heterocycles. The fourth-order valence-corrected chi connectivity index (χ4v) is 3.44. The quantitative estimate of drug-likeness (QED) is 0.825. The Labute approximate surface area is 141 Å². The van der Waals surface area contributed by atoms with Gasteiger partial charge in [0.15, 0.2) is 0 Å². The molecule has 24 heavy (non-hydrogen) atoms. The molecule has 0 radical (unpaired) electrons. The Hall–Kier alpha value is -2.61. The molecule has 1 aliphatic carbocycles. The number of anilines is 3. The molecule has 0 aliphatic heterocycles. The minimum atomic E-state index is -0.511. The van der Waals surface area contributed by atoms with Gasteiger partial charge in [-0.25, -0.2) is 0 Å². The van der Waals surface area contributed by atoms with Gasteiger partial charge in [0.25, 0.3) is 0 Å². The summed E-state index contributed by atoms with van der Waals surface area (Å²) in [5.41, 5.74) is 1.17. The van der Waals surface area contributed by atoms with Crippen molar-refractivity contribution in [2.75, 3.05) is 10.6 Å². The van der Waals surface area contributed by atoms with E-state index in [4.69, 9.17) is 0 Å². The summed E-state index contributed by atoms with van der Waals surface area (Å²) in [4.78, 5) is 22.6. The molecule has 5 heteroatoms. The first-order chi connectivity index (χ1) is 11.6. The van der Waals surface area contributed by atoms with Gasteiger partial charge >= 0.3 is 0 Å². The maximum atomic E-state index is 11.5. The van der Waals surface area contributed by atoms with Crippen LogP contribution in [0.3, 0.4) is 0 Å². The third kappa shape index (κ3) is 3.18. The molecular weight excluding hydrogens is 302 g/mol. The van der Waals surface area contributed by atoms with Crippen molar-refractivity contribution in [3.8, 4) is 6.07 Å². The molecule has 2 aromatic rings. The maximum absolute atomic E-state index is 11.5. The highest BCUT2D eigenvalue weighted by molar-refractivity contribution is 5.80. The smallest absolute Gasteiger partial charge is 0.249 e. The fraction of sp³-hybridized carbons (Fsp3) is 0.421. The van der Waals surface area contributed by atoms with E-state index in [-0.39, 0.29) is 11.7 Å². The number of nitrogens with one attached hydrogen (secondary N) is 2. The zero-order valence-electron chi connectivity index (χ0n) is 13.8. The Bertz CT molecular complexity index is 837. The standard InChI is InChI=1S/C19H21N3O2/c1-12(13-6-3-2-4-7-13)21-18-14(11-20)8-5-9-15(18)22-16-10-17(23)19(16)24/h5,8-10,12-13,21-22H,2-4,6-7H2,1H3. The summed E-state index contributed by atoms with van der Waals surface area (Å²) >= 11 is 0. The van der Waals surface area contributed by atoms with Crippen LogP contribution in [0.1, 0.15) is 44.6 Å². The van der Waals surface area contributed by atoms with E-state index >= 15 is 0 Å². The van der Waals surface area contributed by atoms with Crippen molar-refractivity contribution in [3.05, 3.63) is 50.3 Å². The monoisotopic (exact) mass is 323 g/mol. The van der Waals surface area contributed by atoms with Gasteiger partial charge in [0.2, 0.25) is 10.9 Å². The van der Waals surface area contributed by atoms with Crippen LogP contribution < -0.4 is 21.5 Å². The molecule has 1 aliphatic rings. The Morgan fingerprint density at radius 1 is 1.17 bits per heavy atom. The predicted octanol–water partition coefficient (Wildman–Crippen LogP) is 3.28. The van der Waals surface area contributed by atoms with Crippen molar-refractivity contribution in [1.82, 2.24) is 0 Å². The third-order valence-electron chi connectivity index (χ3n) is 4.93. The van der Waals surface area contributed by atoms with Crippen LogP contribution in [0.2, 0.25) is 0 Å². The van der Waals surface area contributed by atoms with Gasteiger partial charge < -0.3 is 10.6 Å². The largest absolute Gasteiger partial charge is 0.380 e. The van der Waals surface area contributed by atoms with Gasteiger partial charge in [-0.15, -0.1) is 0 Å². The van der Waals surface area contributed by atoms with Gasteiger partial charge in [0, 0.05) is 12.1 Å². The van der Waals surface area contributed by atoms with Crippen LogP contribution in [-0.4, -0.2) is 6.04 Å². The lowest BCUT2D eigenvalue weighted by Gasteiger charge is -2.30. The van der Waals surface area contributed by atoms with Gasteiger partial charge in [-0.1, -0.05) is 25.3 Å². The summed E-state index contributed by atoms with van der Waals surface area (Å²) in [6.07, 6.45) is 6.21. The highest BCUT2D eigenvalue weighted by atomic mass is 16.2. The lowest BCUT2D eigenvalue weighted by molar-refractivity contribution is 0.328. The van der Waals surface area contributed by atoms with Crippen LogP contribution in [0, 0.1) is 17.2 Å². The van der Waals surface area contributed by atoms with E-state index in [9.17, 15) is 14.9 Å². The van der Waals surface area contributed by atoms with Crippen LogP contribution in [0.15, 0.2) is 33.9 Å². The van der Waals surface area contributed by atoms with Crippen LogP contribution >= 0.6 is 0 Å². The Kier molecular flexibility index (Phi) is 4.66. The highest BCUT2D eigenvalue weighted by Crippen LogP contribution is 2.32. The second-order valence-electron chi connectivity index (χ2n) is 6.55. The van der Waals surface area contributed by atoms with Crippen molar-refractivity contribution in [1.29, 1.82) is 5.26 Å². The molecule has 0 bridgehead atoms. The summed E-state index contributed by atoms with van der Waals surface area (Å²) < 4.78 is 0. The van der Waals surface area contributed by atoms with Gasteiger partial charge in [-0.3, -0.25) is 9.59 Å². The minimum Gasteiger partial charge on any atom is -0.380 e. The van der Waals surface area contributed by atoms with Crippen molar-refractivity contribution >= 4 is 17.1 Å². The van der Waals surface area contributed by atoms with Crippen molar-refractivity contribution in [2.24, 2.45) is 5.92 Å². The summed E-state index contributed by atoms with van der Waals surface area (Å²) in [6, 6.07) is 9.06. The fourth-order valence-electron chi connectivity index (χ4n) is 3.44. The number of rotatable bonds is 5. The molecule has 5 nitrogen and oxygen atoms in total. The molecule has 1 unspecified atom stereocenters. The molecule has 0 amide bonds. The predicted molar refractivity (Wildman–Crippen MR) is 95.5 cm³/mol. The highest BCUT2D eigenvalue weighted by Gasteiger charge is 2.22. The van der Waals surface area contributed by atoms with Crippen molar-refractivity contribution in [3.63, 3.8) is 0 Å².